The minimum absolute atomic E-state index is 0.0654. The van der Waals surface area contributed by atoms with Crippen LogP contribution in [0.5, 0.6) is 0 Å². The molecule has 2 heterocycles. The zero-order valence-corrected chi connectivity index (χ0v) is 12.7. The number of thiophene rings is 1. The Morgan fingerprint density at radius 2 is 2.00 bits per heavy atom. The number of aliphatic hydroxyl groups excluding tert-OH is 1. The van der Waals surface area contributed by atoms with Gasteiger partial charge in [0, 0.05) is 11.3 Å². The Balaban J connectivity index is 1.95. The molecule has 3 nitrogen and oxygen atoms in total. The minimum Gasteiger partial charge on any atom is -0.515 e. The molecule has 0 bridgehead atoms. The number of ketones is 1. The molecule has 0 spiro atoms. The van der Waals surface area contributed by atoms with E-state index < -0.39 is 0 Å². The molecule has 2 aromatic rings. The molecule has 1 N–H and O–H groups in total. The zero-order valence-electron chi connectivity index (χ0n) is 11.1. The lowest BCUT2D eigenvalue weighted by atomic mass is 10.1. The van der Waals surface area contributed by atoms with Crippen molar-refractivity contribution >= 4 is 39.6 Å². The summed E-state index contributed by atoms with van der Waals surface area (Å²) in [6.45, 7) is 0. The monoisotopic (exact) mass is 315 g/mol. The standard InChI is InChI=1S/C16H13NO2S2/c18-10-12-13(19)9-15(14-7-4-8-20-14)21-16(12)17-11-5-2-1-3-6-11/h1-8,10,15,18H,9H2/b12-10+,17-16?/t15-/m0/s1. The highest BCUT2D eigenvalue weighted by Crippen LogP contribution is 2.42. The van der Waals surface area contributed by atoms with Gasteiger partial charge in [0.25, 0.3) is 0 Å². The van der Waals surface area contributed by atoms with Crippen LogP contribution in [0.1, 0.15) is 16.5 Å². The van der Waals surface area contributed by atoms with Crippen LogP contribution >= 0.6 is 23.1 Å². The van der Waals surface area contributed by atoms with Crippen molar-refractivity contribution in [2.45, 2.75) is 11.7 Å². The van der Waals surface area contributed by atoms with Gasteiger partial charge in [-0.25, -0.2) is 4.99 Å². The fourth-order valence-electron chi connectivity index (χ4n) is 2.10. The van der Waals surface area contributed by atoms with E-state index in [0.29, 0.717) is 17.0 Å². The maximum Gasteiger partial charge on any atom is 0.170 e. The van der Waals surface area contributed by atoms with Gasteiger partial charge >= 0.3 is 0 Å². The molecule has 1 aliphatic rings. The topological polar surface area (TPSA) is 49.7 Å². The van der Waals surface area contributed by atoms with E-state index in [4.69, 9.17) is 0 Å². The Kier molecular flexibility index (Phi) is 4.22. The van der Waals surface area contributed by atoms with Gasteiger partial charge in [-0.2, -0.15) is 0 Å². The van der Waals surface area contributed by atoms with Crippen molar-refractivity contribution in [3.63, 3.8) is 0 Å². The molecular formula is C16H13NO2S2. The number of aliphatic hydroxyl groups is 1. The second kappa shape index (κ2) is 6.28. The summed E-state index contributed by atoms with van der Waals surface area (Å²) in [5.74, 6) is -0.0654. The highest BCUT2D eigenvalue weighted by Gasteiger charge is 2.31. The van der Waals surface area contributed by atoms with Crippen LogP contribution in [-0.2, 0) is 4.79 Å². The van der Waals surface area contributed by atoms with Crippen LogP contribution in [0.25, 0.3) is 0 Å². The van der Waals surface area contributed by atoms with E-state index in [1.165, 1.54) is 11.8 Å². The van der Waals surface area contributed by atoms with Gasteiger partial charge in [0.2, 0.25) is 0 Å². The van der Waals surface area contributed by atoms with Gasteiger partial charge in [-0.15, -0.1) is 11.3 Å². The number of nitrogens with zero attached hydrogens (tertiary/aromatic N) is 1. The van der Waals surface area contributed by atoms with Crippen molar-refractivity contribution in [3.05, 3.63) is 64.6 Å². The lowest BCUT2D eigenvalue weighted by molar-refractivity contribution is -0.115. The summed E-state index contributed by atoms with van der Waals surface area (Å²) in [5, 5.41) is 12.0. The fraction of sp³-hybridized carbons (Fsp3) is 0.125. The molecule has 106 valence electrons. The van der Waals surface area contributed by atoms with Gasteiger partial charge < -0.3 is 5.11 Å². The second-order valence-corrected chi connectivity index (χ2v) is 6.72. The van der Waals surface area contributed by atoms with Crippen molar-refractivity contribution < 1.29 is 9.90 Å². The van der Waals surface area contributed by atoms with E-state index in [2.05, 4.69) is 4.99 Å². The molecule has 3 rings (SSSR count). The number of Topliss-reactive ketones (excluding diaryl/α,β-unsaturated/α-hetero) is 1. The molecule has 1 fully saturated rings. The molecule has 1 aromatic heterocycles. The first-order valence-electron chi connectivity index (χ1n) is 6.49. The SMILES string of the molecule is O=C1C[C@@H](c2cccs2)SC(=Nc2ccccc2)/C1=C/O. The van der Waals surface area contributed by atoms with Gasteiger partial charge in [-0.3, -0.25) is 4.79 Å². The average Bonchev–Trinajstić information content (AvgIpc) is 3.02. The summed E-state index contributed by atoms with van der Waals surface area (Å²) in [5.41, 5.74) is 1.08. The molecule has 0 unspecified atom stereocenters. The number of hydrogen-bond acceptors (Lipinski definition) is 5. The van der Waals surface area contributed by atoms with Crippen LogP contribution in [0, 0.1) is 0 Å². The molecule has 0 radical (unpaired) electrons. The number of carbonyl (C=O) groups excluding carboxylic acids is 1. The third-order valence-corrected chi connectivity index (χ3v) is 5.51. The van der Waals surface area contributed by atoms with Gasteiger partial charge in [0.1, 0.15) is 5.04 Å². The Morgan fingerprint density at radius 1 is 1.19 bits per heavy atom. The predicted octanol–water partition coefficient (Wildman–Crippen LogP) is 4.67. The van der Waals surface area contributed by atoms with Crippen LogP contribution < -0.4 is 0 Å². The molecule has 0 aliphatic carbocycles. The number of thioether (sulfide) groups is 1. The van der Waals surface area contributed by atoms with Crippen LogP contribution in [0.15, 0.2) is 64.7 Å². The number of para-hydroxylation sites is 1. The van der Waals surface area contributed by atoms with Crippen LogP contribution in [0.2, 0.25) is 0 Å². The number of hydrogen-bond donors (Lipinski definition) is 1. The third kappa shape index (κ3) is 3.09. The molecular weight excluding hydrogens is 302 g/mol. The van der Waals surface area contributed by atoms with Crippen molar-refractivity contribution in [1.82, 2.24) is 0 Å². The normalized spacial score (nSPS) is 22.9. The summed E-state index contributed by atoms with van der Waals surface area (Å²) in [7, 11) is 0. The Morgan fingerprint density at radius 3 is 2.67 bits per heavy atom. The number of aliphatic imine (C=N–C) groups is 1. The summed E-state index contributed by atoms with van der Waals surface area (Å²) >= 11 is 3.17. The number of benzene rings is 1. The Bertz CT molecular complexity index is 690. The first-order chi connectivity index (χ1) is 10.3. The van der Waals surface area contributed by atoms with E-state index >= 15 is 0 Å². The first kappa shape index (κ1) is 14.1. The molecule has 1 aliphatic heterocycles. The molecule has 5 heteroatoms. The van der Waals surface area contributed by atoms with Crippen molar-refractivity contribution in [1.29, 1.82) is 0 Å². The molecule has 1 atom stereocenters. The highest BCUT2D eigenvalue weighted by molar-refractivity contribution is 8.15. The molecule has 0 amide bonds. The largest absolute Gasteiger partial charge is 0.515 e. The smallest absolute Gasteiger partial charge is 0.170 e. The van der Waals surface area contributed by atoms with Crippen molar-refractivity contribution in [2.24, 2.45) is 4.99 Å². The van der Waals surface area contributed by atoms with E-state index in [1.807, 2.05) is 47.8 Å². The minimum atomic E-state index is -0.0654. The highest BCUT2D eigenvalue weighted by atomic mass is 32.2. The Hall–Kier alpha value is -1.85. The predicted molar refractivity (Wildman–Crippen MR) is 88.5 cm³/mol. The van der Waals surface area contributed by atoms with Crippen molar-refractivity contribution in [2.75, 3.05) is 0 Å². The molecule has 1 saturated heterocycles. The van der Waals surface area contributed by atoms with Gasteiger partial charge in [0.05, 0.1) is 22.8 Å². The van der Waals surface area contributed by atoms with Gasteiger partial charge in [-0.1, -0.05) is 36.0 Å². The van der Waals surface area contributed by atoms with E-state index in [0.717, 1.165) is 16.8 Å². The summed E-state index contributed by atoms with van der Waals surface area (Å²) < 4.78 is 0. The van der Waals surface area contributed by atoms with E-state index in [1.54, 1.807) is 11.3 Å². The lowest BCUT2D eigenvalue weighted by Crippen LogP contribution is -2.20. The molecule has 21 heavy (non-hydrogen) atoms. The van der Waals surface area contributed by atoms with Crippen molar-refractivity contribution in [3.8, 4) is 0 Å². The van der Waals surface area contributed by atoms with Crippen LogP contribution in [0.4, 0.5) is 5.69 Å². The number of rotatable bonds is 2. The Labute approximate surface area is 131 Å². The van der Waals surface area contributed by atoms with Gasteiger partial charge in [0.15, 0.2) is 5.78 Å². The second-order valence-electron chi connectivity index (χ2n) is 4.54. The van der Waals surface area contributed by atoms with Gasteiger partial charge in [-0.05, 0) is 23.6 Å². The molecule has 1 aromatic carbocycles. The van der Waals surface area contributed by atoms with Crippen LogP contribution in [-0.4, -0.2) is 15.9 Å². The van der Waals surface area contributed by atoms with E-state index in [-0.39, 0.29) is 11.0 Å². The summed E-state index contributed by atoms with van der Waals surface area (Å²) in [6.07, 6.45) is 1.27. The van der Waals surface area contributed by atoms with Crippen LogP contribution in [0.3, 0.4) is 0 Å². The maximum atomic E-state index is 12.2. The maximum absolute atomic E-state index is 12.2. The molecule has 0 saturated carbocycles. The fourth-order valence-corrected chi connectivity index (χ4v) is 4.27. The first-order valence-corrected chi connectivity index (χ1v) is 8.25. The number of carbonyl (C=O) groups is 1. The van der Waals surface area contributed by atoms with E-state index in [9.17, 15) is 9.90 Å². The average molecular weight is 315 g/mol. The lowest BCUT2D eigenvalue weighted by Gasteiger charge is -2.22. The third-order valence-electron chi connectivity index (χ3n) is 3.13. The quantitative estimate of drug-likeness (QED) is 0.647. The summed E-state index contributed by atoms with van der Waals surface area (Å²) in [4.78, 5) is 17.9. The summed E-state index contributed by atoms with van der Waals surface area (Å²) in [6, 6.07) is 13.5. The zero-order chi connectivity index (χ0) is 14.7.